The van der Waals surface area contributed by atoms with Crippen molar-refractivity contribution in [2.24, 2.45) is 0 Å². The van der Waals surface area contributed by atoms with E-state index in [2.05, 4.69) is 29.8 Å². The van der Waals surface area contributed by atoms with Crippen LogP contribution in [0.25, 0.3) is 0 Å². The number of alkyl halides is 1. The molecule has 1 rings (SSSR count). The first-order valence-electron chi connectivity index (χ1n) is 3.49. The molecule has 0 radical (unpaired) electrons. The number of hydrogen-bond donors (Lipinski definition) is 0. The summed E-state index contributed by atoms with van der Waals surface area (Å²) in [5.41, 5.74) is -0.00329. The van der Waals surface area contributed by atoms with Crippen molar-refractivity contribution in [3.05, 3.63) is 0 Å². The van der Waals surface area contributed by atoms with Crippen LogP contribution in [0.5, 0.6) is 0 Å². The van der Waals surface area contributed by atoms with E-state index in [9.17, 15) is 0 Å². The second-order valence-electron chi connectivity index (χ2n) is 3.08. The highest BCUT2D eigenvalue weighted by Crippen LogP contribution is 2.23. The van der Waals surface area contributed by atoms with Crippen molar-refractivity contribution in [1.82, 2.24) is 0 Å². The van der Waals surface area contributed by atoms with Crippen molar-refractivity contribution in [3.63, 3.8) is 0 Å². The highest BCUT2D eigenvalue weighted by atomic mass is 79.9. The predicted octanol–water partition coefficient (Wildman–Crippen LogP) is 1.92. The van der Waals surface area contributed by atoms with Gasteiger partial charge in [-0.3, -0.25) is 0 Å². The fraction of sp³-hybridized carbons (Fsp3) is 1.00. The van der Waals surface area contributed by atoms with Gasteiger partial charge in [-0.15, -0.1) is 0 Å². The number of ether oxygens (including phenoxy) is 2. The van der Waals surface area contributed by atoms with E-state index in [1.165, 1.54) is 0 Å². The molecular weight excluding hydrogens is 196 g/mol. The SMILES string of the molecule is CC1(C)CCOC(CBr)O1. The summed E-state index contributed by atoms with van der Waals surface area (Å²) in [5.74, 6) is 0. The summed E-state index contributed by atoms with van der Waals surface area (Å²) in [4.78, 5) is 0. The number of hydrogen-bond acceptors (Lipinski definition) is 2. The molecule has 2 nitrogen and oxygen atoms in total. The number of rotatable bonds is 1. The third-order valence-electron chi connectivity index (χ3n) is 1.58. The minimum Gasteiger partial charge on any atom is -0.352 e. The Hall–Kier alpha value is 0.400. The Balaban J connectivity index is 2.40. The molecule has 1 unspecified atom stereocenters. The van der Waals surface area contributed by atoms with Crippen molar-refractivity contribution < 1.29 is 9.47 Å². The van der Waals surface area contributed by atoms with Gasteiger partial charge in [-0.05, 0) is 20.3 Å². The van der Waals surface area contributed by atoms with Crippen LogP contribution in [0.4, 0.5) is 0 Å². The molecule has 0 spiro atoms. The minimum atomic E-state index is -0.0521. The lowest BCUT2D eigenvalue weighted by atomic mass is 10.1. The van der Waals surface area contributed by atoms with E-state index < -0.39 is 0 Å². The molecule has 1 aliphatic rings. The maximum Gasteiger partial charge on any atom is 0.167 e. The average Bonchev–Trinajstić information content (AvgIpc) is 1.86. The molecule has 0 bridgehead atoms. The summed E-state index contributed by atoms with van der Waals surface area (Å²) in [7, 11) is 0. The van der Waals surface area contributed by atoms with Gasteiger partial charge in [0.05, 0.1) is 17.5 Å². The summed E-state index contributed by atoms with van der Waals surface area (Å²) in [6.45, 7) is 4.99. The van der Waals surface area contributed by atoms with Gasteiger partial charge < -0.3 is 9.47 Å². The smallest absolute Gasteiger partial charge is 0.167 e. The van der Waals surface area contributed by atoms with Crippen LogP contribution >= 0.6 is 15.9 Å². The van der Waals surface area contributed by atoms with Crippen molar-refractivity contribution in [2.75, 3.05) is 11.9 Å². The molecule has 60 valence electrons. The van der Waals surface area contributed by atoms with Crippen molar-refractivity contribution in [2.45, 2.75) is 32.2 Å². The summed E-state index contributed by atoms with van der Waals surface area (Å²) >= 11 is 3.31. The molecule has 1 fully saturated rings. The van der Waals surface area contributed by atoms with Gasteiger partial charge >= 0.3 is 0 Å². The zero-order valence-electron chi connectivity index (χ0n) is 6.39. The van der Waals surface area contributed by atoms with Gasteiger partial charge in [-0.1, -0.05) is 15.9 Å². The molecule has 0 amide bonds. The van der Waals surface area contributed by atoms with E-state index in [-0.39, 0.29) is 11.9 Å². The van der Waals surface area contributed by atoms with Crippen LogP contribution in [-0.2, 0) is 9.47 Å². The summed E-state index contributed by atoms with van der Waals surface area (Å²) < 4.78 is 10.8. The van der Waals surface area contributed by atoms with Crippen LogP contribution in [0.2, 0.25) is 0 Å². The first-order valence-corrected chi connectivity index (χ1v) is 4.61. The molecule has 1 aliphatic heterocycles. The molecule has 0 aromatic rings. The fourth-order valence-electron chi connectivity index (χ4n) is 0.961. The van der Waals surface area contributed by atoms with Gasteiger partial charge in [0.25, 0.3) is 0 Å². The average molecular weight is 209 g/mol. The zero-order chi connectivity index (χ0) is 7.61. The van der Waals surface area contributed by atoms with E-state index in [0.29, 0.717) is 0 Å². The summed E-state index contributed by atoms with van der Waals surface area (Å²) in [5, 5.41) is 0.760. The van der Waals surface area contributed by atoms with Gasteiger partial charge in [0.15, 0.2) is 6.29 Å². The van der Waals surface area contributed by atoms with Gasteiger partial charge in [0.1, 0.15) is 0 Å². The molecule has 0 aliphatic carbocycles. The molecule has 1 atom stereocenters. The van der Waals surface area contributed by atoms with Gasteiger partial charge in [0, 0.05) is 0 Å². The Morgan fingerprint density at radius 2 is 2.30 bits per heavy atom. The molecule has 1 heterocycles. The zero-order valence-corrected chi connectivity index (χ0v) is 7.98. The third kappa shape index (κ3) is 2.22. The monoisotopic (exact) mass is 208 g/mol. The van der Waals surface area contributed by atoms with E-state index in [0.717, 1.165) is 18.4 Å². The first kappa shape index (κ1) is 8.50. The van der Waals surface area contributed by atoms with Crippen LogP contribution in [0, 0.1) is 0 Å². The third-order valence-corrected chi connectivity index (χ3v) is 2.11. The maximum absolute atomic E-state index is 5.55. The van der Waals surface area contributed by atoms with Crippen LogP contribution in [0.15, 0.2) is 0 Å². The first-order chi connectivity index (χ1) is 4.64. The van der Waals surface area contributed by atoms with E-state index in [1.54, 1.807) is 0 Å². The maximum atomic E-state index is 5.55. The van der Waals surface area contributed by atoms with Crippen molar-refractivity contribution in [3.8, 4) is 0 Å². The van der Waals surface area contributed by atoms with E-state index in [1.807, 2.05) is 0 Å². The quantitative estimate of drug-likeness (QED) is 0.614. The van der Waals surface area contributed by atoms with E-state index >= 15 is 0 Å². The predicted molar refractivity (Wildman–Crippen MR) is 43.3 cm³/mol. The van der Waals surface area contributed by atoms with Crippen molar-refractivity contribution >= 4 is 15.9 Å². The molecule has 0 N–H and O–H groups in total. The molecular formula is C7H13BrO2. The fourth-order valence-corrected chi connectivity index (χ4v) is 1.28. The molecule has 10 heavy (non-hydrogen) atoms. The van der Waals surface area contributed by atoms with Crippen LogP contribution in [0.1, 0.15) is 20.3 Å². The minimum absolute atomic E-state index is 0.00329. The Labute approximate surface area is 70.0 Å². The molecule has 1 saturated heterocycles. The Kier molecular flexibility index (Phi) is 2.72. The molecule has 0 aromatic heterocycles. The second-order valence-corrected chi connectivity index (χ2v) is 3.73. The lowest BCUT2D eigenvalue weighted by Crippen LogP contribution is -2.39. The molecule has 0 aromatic carbocycles. The van der Waals surface area contributed by atoms with Crippen LogP contribution in [-0.4, -0.2) is 23.8 Å². The van der Waals surface area contributed by atoms with E-state index in [4.69, 9.17) is 9.47 Å². The van der Waals surface area contributed by atoms with Crippen LogP contribution < -0.4 is 0 Å². The van der Waals surface area contributed by atoms with Gasteiger partial charge in [-0.2, -0.15) is 0 Å². The highest BCUT2D eigenvalue weighted by molar-refractivity contribution is 9.09. The highest BCUT2D eigenvalue weighted by Gasteiger charge is 2.28. The topological polar surface area (TPSA) is 18.5 Å². The Morgan fingerprint density at radius 3 is 2.70 bits per heavy atom. The summed E-state index contributed by atoms with van der Waals surface area (Å²) in [6.07, 6.45) is 0.931. The van der Waals surface area contributed by atoms with Gasteiger partial charge in [0.2, 0.25) is 0 Å². The lowest BCUT2D eigenvalue weighted by Gasteiger charge is -2.35. The lowest BCUT2D eigenvalue weighted by molar-refractivity contribution is -0.232. The number of halogens is 1. The largest absolute Gasteiger partial charge is 0.352 e. The van der Waals surface area contributed by atoms with Gasteiger partial charge in [-0.25, -0.2) is 0 Å². The van der Waals surface area contributed by atoms with Crippen LogP contribution in [0.3, 0.4) is 0 Å². The Bertz CT molecular complexity index is 114. The Morgan fingerprint density at radius 1 is 1.60 bits per heavy atom. The second kappa shape index (κ2) is 3.20. The normalized spacial score (nSPS) is 32.1. The summed E-state index contributed by atoms with van der Waals surface area (Å²) in [6, 6.07) is 0. The molecule has 0 saturated carbocycles. The van der Waals surface area contributed by atoms with Crippen molar-refractivity contribution in [1.29, 1.82) is 0 Å². The standard InChI is InChI=1S/C7H13BrO2/c1-7(2)3-4-9-6(5-8)10-7/h6H,3-5H2,1-2H3. The molecule has 3 heteroatoms.